The molecule has 38 heavy (non-hydrogen) atoms. The summed E-state index contributed by atoms with van der Waals surface area (Å²) in [5.74, 6) is -1.01. The van der Waals surface area contributed by atoms with Gasteiger partial charge in [0.1, 0.15) is 6.54 Å². The first kappa shape index (κ1) is 25.3. The number of carbonyl (C=O) groups is 2. The molecule has 6 rings (SSSR count). The zero-order valence-electron chi connectivity index (χ0n) is 22.1. The van der Waals surface area contributed by atoms with Gasteiger partial charge in [0.25, 0.3) is 5.56 Å². The minimum absolute atomic E-state index is 0.0285. The number of carboxylic acids is 1. The lowest BCUT2D eigenvalue weighted by Crippen LogP contribution is -2.54. The SMILES string of the molecule is O=C(O)CN1CCN(c2nc3ccccc3n([C@H]3C[C@H]4CC[C@@H](C3)N4C3CCCCCCC3)c2=O)CC1=O. The van der Waals surface area contributed by atoms with Crippen LogP contribution in [0.25, 0.3) is 11.0 Å². The smallest absolute Gasteiger partial charge is 0.323 e. The summed E-state index contributed by atoms with van der Waals surface area (Å²) in [6.07, 6.45) is 13.8. The summed E-state index contributed by atoms with van der Waals surface area (Å²) < 4.78 is 1.98. The van der Waals surface area contributed by atoms with E-state index >= 15 is 0 Å². The molecular weight excluding hydrogens is 482 g/mol. The van der Waals surface area contributed by atoms with Crippen molar-refractivity contribution in [3.05, 3.63) is 34.6 Å². The van der Waals surface area contributed by atoms with Gasteiger partial charge in [0.15, 0.2) is 5.82 Å². The molecule has 4 aliphatic rings. The summed E-state index contributed by atoms with van der Waals surface area (Å²) in [5, 5.41) is 9.11. The van der Waals surface area contributed by atoms with Crippen LogP contribution in [0.15, 0.2) is 29.1 Å². The average Bonchev–Trinajstić information content (AvgIpc) is 3.13. The Hall–Kier alpha value is -2.94. The van der Waals surface area contributed by atoms with Crippen LogP contribution in [-0.4, -0.2) is 80.6 Å². The molecule has 1 aromatic heterocycles. The first-order chi connectivity index (χ1) is 18.5. The second-order valence-corrected chi connectivity index (χ2v) is 11.7. The van der Waals surface area contributed by atoms with Crippen molar-refractivity contribution in [1.29, 1.82) is 0 Å². The highest BCUT2D eigenvalue weighted by Crippen LogP contribution is 2.44. The second kappa shape index (κ2) is 10.7. The molecule has 0 radical (unpaired) electrons. The number of aromatic nitrogens is 2. The Kier molecular flexibility index (Phi) is 7.12. The number of para-hydroxylation sites is 2. The van der Waals surface area contributed by atoms with Crippen molar-refractivity contribution in [3.8, 4) is 0 Å². The molecule has 1 amide bonds. The minimum Gasteiger partial charge on any atom is -0.480 e. The summed E-state index contributed by atoms with van der Waals surface area (Å²) >= 11 is 0. The molecule has 4 heterocycles. The molecule has 2 bridgehead atoms. The Bertz CT molecular complexity index is 1240. The van der Waals surface area contributed by atoms with Crippen molar-refractivity contribution in [3.63, 3.8) is 0 Å². The van der Waals surface area contributed by atoms with Crippen LogP contribution in [0.5, 0.6) is 0 Å². The number of rotatable bonds is 5. The van der Waals surface area contributed by atoms with Gasteiger partial charge in [-0.2, -0.15) is 0 Å². The van der Waals surface area contributed by atoms with Gasteiger partial charge in [-0.15, -0.1) is 0 Å². The highest BCUT2D eigenvalue weighted by Gasteiger charge is 2.44. The van der Waals surface area contributed by atoms with Gasteiger partial charge in [-0.1, -0.05) is 44.2 Å². The molecule has 9 nitrogen and oxygen atoms in total. The van der Waals surface area contributed by atoms with Crippen LogP contribution in [-0.2, 0) is 9.59 Å². The van der Waals surface area contributed by atoms with Crippen LogP contribution in [0.3, 0.4) is 0 Å². The van der Waals surface area contributed by atoms with Crippen molar-refractivity contribution in [2.75, 3.05) is 31.1 Å². The van der Waals surface area contributed by atoms with Crippen molar-refractivity contribution in [2.45, 2.75) is 94.8 Å². The lowest BCUT2D eigenvalue weighted by molar-refractivity contribution is -0.144. The van der Waals surface area contributed by atoms with E-state index in [0.29, 0.717) is 30.5 Å². The molecule has 9 heteroatoms. The Morgan fingerprint density at radius 1 is 0.868 bits per heavy atom. The normalized spacial score (nSPS) is 27.5. The van der Waals surface area contributed by atoms with Crippen molar-refractivity contribution < 1.29 is 14.7 Å². The predicted octanol–water partition coefficient (Wildman–Crippen LogP) is 3.41. The minimum atomic E-state index is -1.03. The fraction of sp³-hybridized carbons (Fsp3) is 0.655. The summed E-state index contributed by atoms with van der Waals surface area (Å²) in [6, 6.07) is 9.67. The maximum absolute atomic E-state index is 14.1. The average molecular weight is 522 g/mol. The summed E-state index contributed by atoms with van der Waals surface area (Å²) in [7, 11) is 0. The molecule has 1 N–H and O–H groups in total. The highest BCUT2D eigenvalue weighted by molar-refractivity contribution is 5.86. The molecule has 2 aromatic rings. The zero-order valence-corrected chi connectivity index (χ0v) is 22.1. The number of piperidine rings is 1. The van der Waals surface area contributed by atoms with E-state index in [1.165, 1.54) is 62.7 Å². The lowest BCUT2D eigenvalue weighted by atomic mass is 9.89. The monoisotopic (exact) mass is 521 g/mol. The van der Waals surface area contributed by atoms with E-state index in [4.69, 9.17) is 10.1 Å². The fourth-order valence-corrected chi connectivity index (χ4v) is 7.65. The van der Waals surface area contributed by atoms with Gasteiger partial charge in [-0.25, -0.2) is 4.98 Å². The Labute approximate surface area is 223 Å². The quantitative estimate of drug-likeness (QED) is 0.644. The molecule has 1 saturated carbocycles. The van der Waals surface area contributed by atoms with E-state index in [0.717, 1.165) is 23.9 Å². The maximum atomic E-state index is 14.1. The van der Waals surface area contributed by atoms with Gasteiger partial charge in [-0.05, 0) is 50.7 Å². The molecule has 0 unspecified atom stereocenters. The Morgan fingerprint density at radius 3 is 2.24 bits per heavy atom. The first-order valence-electron chi connectivity index (χ1n) is 14.5. The standard InChI is InChI=1S/C29H39N5O4/c35-26-18-32(15-14-31(26)19-27(36)37)28-29(38)34(25-11-7-6-10-24(25)30-28)23-16-21-12-13-22(17-23)33(21)20-8-4-2-1-3-5-9-20/h6-7,10-11,20-23H,1-5,8-9,12-19H2,(H,36,37)/t21-,22+,23+. The molecule has 4 fully saturated rings. The maximum Gasteiger partial charge on any atom is 0.323 e. The molecule has 3 saturated heterocycles. The van der Waals surface area contributed by atoms with Gasteiger partial charge >= 0.3 is 5.97 Å². The topological polar surface area (TPSA) is 99.0 Å². The second-order valence-electron chi connectivity index (χ2n) is 11.7. The molecule has 3 aliphatic heterocycles. The van der Waals surface area contributed by atoms with E-state index in [1.807, 2.05) is 28.8 Å². The van der Waals surface area contributed by atoms with E-state index in [1.54, 1.807) is 4.90 Å². The number of hydrogen-bond acceptors (Lipinski definition) is 6. The van der Waals surface area contributed by atoms with Crippen LogP contribution >= 0.6 is 0 Å². The number of benzene rings is 1. The van der Waals surface area contributed by atoms with Crippen molar-refractivity contribution >= 4 is 28.7 Å². The summed E-state index contributed by atoms with van der Waals surface area (Å²) in [4.78, 5) is 48.5. The summed E-state index contributed by atoms with van der Waals surface area (Å²) in [6.45, 7) is 0.317. The summed E-state index contributed by atoms with van der Waals surface area (Å²) in [5.41, 5.74) is 1.49. The van der Waals surface area contributed by atoms with Gasteiger partial charge in [0, 0.05) is 37.3 Å². The highest BCUT2D eigenvalue weighted by atomic mass is 16.4. The number of piperazine rings is 1. The molecule has 204 valence electrons. The number of fused-ring (bicyclic) bond motifs is 3. The van der Waals surface area contributed by atoms with E-state index in [-0.39, 0.29) is 37.1 Å². The third-order valence-corrected chi connectivity index (χ3v) is 9.35. The van der Waals surface area contributed by atoms with E-state index < -0.39 is 5.97 Å². The van der Waals surface area contributed by atoms with Crippen LogP contribution in [0.1, 0.15) is 76.7 Å². The molecular formula is C29H39N5O4. The van der Waals surface area contributed by atoms with Crippen molar-refractivity contribution in [2.24, 2.45) is 0 Å². The first-order valence-corrected chi connectivity index (χ1v) is 14.5. The van der Waals surface area contributed by atoms with Crippen LogP contribution in [0.4, 0.5) is 5.82 Å². The largest absolute Gasteiger partial charge is 0.480 e. The third kappa shape index (κ3) is 4.81. The number of aliphatic carboxylic acids is 1. The van der Waals surface area contributed by atoms with Crippen molar-refractivity contribution in [1.82, 2.24) is 19.4 Å². The van der Waals surface area contributed by atoms with Crippen LogP contribution in [0.2, 0.25) is 0 Å². The number of amides is 1. The van der Waals surface area contributed by atoms with Gasteiger partial charge in [0.05, 0.1) is 17.6 Å². The predicted molar refractivity (Wildman–Crippen MR) is 145 cm³/mol. The number of nitrogens with zero attached hydrogens (tertiary/aromatic N) is 5. The number of carbonyl (C=O) groups excluding carboxylic acids is 1. The number of carboxylic acid groups (broad SMARTS) is 1. The molecule has 0 spiro atoms. The van der Waals surface area contributed by atoms with Crippen LogP contribution < -0.4 is 10.5 Å². The lowest BCUT2D eigenvalue weighted by Gasteiger charge is -2.45. The zero-order chi connectivity index (χ0) is 26.2. The van der Waals surface area contributed by atoms with Crippen LogP contribution in [0, 0.1) is 0 Å². The fourth-order valence-electron chi connectivity index (χ4n) is 7.65. The Morgan fingerprint density at radius 2 is 1.55 bits per heavy atom. The molecule has 3 atom stereocenters. The molecule has 1 aliphatic carbocycles. The molecule has 1 aromatic carbocycles. The van der Waals surface area contributed by atoms with Gasteiger partial charge < -0.3 is 19.5 Å². The number of anilines is 1. The van der Waals surface area contributed by atoms with E-state index in [2.05, 4.69) is 4.90 Å². The third-order valence-electron chi connectivity index (χ3n) is 9.35. The van der Waals surface area contributed by atoms with E-state index in [9.17, 15) is 14.4 Å². The Balaban J connectivity index is 1.29. The van der Waals surface area contributed by atoms with Gasteiger partial charge in [-0.3, -0.25) is 19.3 Å². The number of hydrogen-bond donors (Lipinski definition) is 1. The van der Waals surface area contributed by atoms with Gasteiger partial charge in [0.2, 0.25) is 5.91 Å².